The summed E-state index contributed by atoms with van der Waals surface area (Å²) in [6, 6.07) is 11.0. The first-order chi connectivity index (χ1) is 16.8. The van der Waals surface area contributed by atoms with E-state index in [1.54, 1.807) is 0 Å². The smallest absolute Gasteiger partial charge is 0.0190 e. The molecule has 198 valence electrons. The highest BCUT2D eigenvalue weighted by molar-refractivity contribution is 5.18. The normalized spacial score (nSPS) is 12.3. The third-order valence-corrected chi connectivity index (χ3v) is 7.86. The molecule has 0 bridgehead atoms. The van der Waals surface area contributed by atoms with Crippen LogP contribution in [0, 0.1) is 0 Å². The van der Waals surface area contributed by atoms with Crippen molar-refractivity contribution in [1.82, 2.24) is 0 Å². The molecule has 0 amide bonds. The molecule has 0 fully saturated rings. The monoisotopic (exact) mass is 470 g/mol. The SMILES string of the molecule is CCCCCCCCCCCCCCCCCCCCCCCCCCC(C)c1ccccc1. The van der Waals surface area contributed by atoms with Gasteiger partial charge in [-0.05, 0) is 17.9 Å². The fraction of sp³-hybridized carbons (Fsp3) is 0.824. The molecule has 1 rings (SSSR count). The van der Waals surface area contributed by atoms with E-state index in [4.69, 9.17) is 0 Å². The van der Waals surface area contributed by atoms with E-state index in [0.717, 1.165) is 5.92 Å². The number of hydrogen-bond donors (Lipinski definition) is 0. The predicted octanol–water partition coefficient (Wildman–Crippen LogP) is 12.6. The topological polar surface area (TPSA) is 0 Å². The predicted molar refractivity (Wildman–Crippen MR) is 156 cm³/mol. The van der Waals surface area contributed by atoms with E-state index in [2.05, 4.69) is 44.2 Å². The number of rotatable bonds is 26. The summed E-state index contributed by atoms with van der Waals surface area (Å²) in [5, 5.41) is 0. The van der Waals surface area contributed by atoms with Crippen molar-refractivity contribution in [3.05, 3.63) is 35.9 Å². The van der Waals surface area contributed by atoms with Crippen LogP contribution in [0.2, 0.25) is 0 Å². The summed E-state index contributed by atoms with van der Waals surface area (Å²) in [7, 11) is 0. The zero-order valence-corrected chi connectivity index (χ0v) is 23.6. The molecule has 1 aromatic carbocycles. The van der Waals surface area contributed by atoms with Gasteiger partial charge in [0.15, 0.2) is 0 Å². The zero-order chi connectivity index (χ0) is 24.4. The van der Waals surface area contributed by atoms with Crippen molar-refractivity contribution in [2.45, 2.75) is 180 Å². The highest BCUT2D eigenvalue weighted by atomic mass is 14.1. The molecular formula is C34H62. The Morgan fingerprint density at radius 3 is 1.03 bits per heavy atom. The van der Waals surface area contributed by atoms with Gasteiger partial charge in [0, 0.05) is 0 Å². The van der Waals surface area contributed by atoms with Gasteiger partial charge in [0.2, 0.25) is 0 Å². The molecular weight excluding hydrogens is 408 g/mol. The molecule has 0 saturated heterocycles. The van der Waals surface area contributed by atoms with E-state index >= 15 is 0 Å². The first kappa shape index (κ1) is 31.3. The zero-order valence-electron chi connectivity index (χ0n) is 23.6. The molecule has 1 unspecified atom stereocenters. The van der Waals surface area contributed by atoms with E-state index in [1.165, 1.54) is 166 Å². The quantitative estimate of drug-likeness (QED) is 0.118. The third kappa shape index (κ3) is 20.6. The standard InChI is InChI=1S/C34H62/c1-3-4-5-6-7-8-9-10-11-12-13-14-15-16-17-18-19-20-21-22-23-24-25-27-30-33(2)34-31-28-26-29-32-34/h26,28-29,31-33H,3-25,27,30H2,1-2H3. The first-order valence-electron chi connectivity index (χ1n) is 15.9. The molecule has 0 aliphatic heterocycles. The van der Waals surface area contributed by atoms with Crippen LogP contribution in [0.4, 0.5) is 0 Å². The van der Waals surface area contributed by atoms with Crippen LogP contribution in [0.1, 0.15) is 186 Å². The van der Waals surface area contributed by atoms with Gasteiger partial charge in [-0.15, -0.1) is 0 Å². The first-order valence-corrected chi connectivity index (χ1v) is 15.9. The minimum absolute atomic E-state index is 0.723. The summed E-state index contributed by atoms with van der Waals surface area (Å²) in [5.74, 6) is 0.723. The molecule has 0 spiro atoms. The maximum Gasteiger partial charge on any atom is -0.0190 e. The second-order valence-corrected chi connectivity index (χ2v) is 11.2. The van der Waals surface area contributed by atoms with E-state index in [-0.39, 0.29) is 0 Å². The molecule has 0 radical (unpaired) electrons. The summed E-state index contributed by atoms with van der Waals surface area (Å²) in [4.78, 5) is 0. The van der Waals surface area contributed by atoms with Gasteiger partial charge in [-0.2, -0.15) is 0 Å². The lowest BCUT2D eigenvalue weighted by Crippen LogP contribution is -1.93. The summed E-state index contributed by atoms with van der Waals surface area (Å²) in [6.07, 6.45) is 36.5. The Kier molecular flexibility index (Phi) is 23.3. The van der Waals surface area contributed by atoms with Crippen LogP contribution in [0.3, 0.4) is 0 Å². The Bertz CT molecular complexity index is 490. The van der Waals surface area contributed by atoms with Gasteiger partial charge in [-0.25, -0.2) is 0 Å². The molecule has 0 aliphatic carbocycles. The second kappa shape index (κ2) is 25.3. The van der Waals surface area contributed by atoms with Gasteiger partial charge < -0.3 is 0 Å². The largest absolute Gasteiger partial charge is 0.0654 e. The van der Waals surface area contributed by atoms with Gasteiger partial charge in [0.25, 0.3) is 0 Å². The van der Waals surface area contributed by atoms with Crippen molar-refractivity contribution in [1.29, 1.82) is 0 Å². The molecule has 0 N–H and O–H groups in total. The molecule has 0 heteroatoms. The summed E-state index contributed by atoms with van der Waals surface area (Å²) in [6.45, 7) is 4.69. The fourth-order valence-corrected chi connectivity index (χ4v) is 5.36. The summed E-state index contributed by atoms with van der Waals surface area (Å²) in [5.41, 5.74) is 1.51. The lowest BCUT2D eigenvalue weighted by Gasteiger charge is -2.11. The van der Waals surface area contributed by atoms with Crippen molar-refractivity contribution < 1.29 is 0 Å². The minimum atomic E-state index is 0.723. The van der Waals surface area contributed by atoms with Crippen LogP contribution in [0.15, 0.2) is 30.3 Å². The summed E-state index contributed by atoms with van der Waals surface area (Å²) < 4.78 is 0. The van der Waals surface area contributed by atoms with Gasteiger partial charge in [-0.3, -0.25) is 0 Å². The van der Waals surface area contributed by atoms with Gasteiger partial charge in [0.1, 0.15) is 0 Å². The average Bonchev–Trinajstić information content (AvgIpc) is 2.87. The molecule has 34 heavy (non-hydrogen) atoms. The van der Waals surface area contributed by atoms with E-state index < -0.39 is 0 Å². The Morgan fingerprint density at radius 2 is 0.706 bits per heavy atom. The minimum Gasteiger partial charge on any atom is -0.0654 e. The number of unbranched alkanes of at least 4 members (excludes halogenated alkanes) is 23. The third-order valence-electron chi connectivity index (χ3n) is 7.86. The highest BCUT2D eigenvalue weighted by Gasteiger charge is 2.04. The number of hydrogen-bond acceptors (Lipinski definition) is 0. The average molecular weight is 471 g/mol. The van der Waals surface area contributed by atoms with E-state index in [0.29, 0.717) is 0 Å². The van der Waals surface area contributed by atoms with Crippen molar-refractivity contribution in [3.63, 3.8) is 0 Å². The maximum atomic E-state index is 2.38. The van der Waals surface area contributed by atoms with Crippen molar-refractivity contribution in [2.24, 2.45) is 0 Å². The van der Waals surface area contributed by atoms with Crippen molar-refractivity contribution in [2.75, 3.05) is 0 Å². The van der Waals surface area contributed by atoms with Crippen molar-refractivity contribution >= 4 is 0 Å². The van der Waals surface area contributed by atoms with E-state index in [1.807, 2.05) is 0 Å². The lowest BCUT2D eigenvalue weighted by molar-refractivity contribution is 0.513. The van der Waals surface area contributed by atoms with Gasteiger partial charge in [-0.1, -0.05) is 198 Å². The van der Waals surface area contributed by atoms with Crippen LogP contribution in [0.25, 0.3) is 0 Å². The van der Waals surface area contributed by atoms with Crippen LogP contribution >= 0.6 is 0 Å². The Morgan fingerprint density at radius 1 is 0.412 bits per heavy atom. The van der Waals surface area contributed by atoms with Crippen LogP contribution < -0.4 is 0 Å². The van der Waals surface area contributed by atoms with Crippen LogP contribution in [0.5, 0.6) is 0 Å². The maximum absolute atomic E-state index is 2.38. The lowest BCUT2D eigenvalue weighted by atomic mass is 9.95. The van der Waals surface area contributed by atoms with Gasteiger partial charge in [0.05, 0.1) is 0 Å². The highest BCUT2D eigenvalue weighted by Crippen LogP contribution is 2.22. The molecule has 0 aromatic heterocycles. The van der Waals surface area contributed by atoms with Crippen molar-refractivity contribution in [3.8, 4) is 0 Å². The van der Waals surface area contributed by atoms with Gasteiger partial charge >= 0.3 is 0 Å². The molecule has 1 atom stereocenters. The molecule has 1 aromatic rings. The van der Waals surface area contributed by atoms with E-state index in [9.17, 15) is 0 Å². The summed E-state index contributed by atoms with van der Waals surface area (Å²) >= 11 is 0. The van der Waals surface area contributed by atoms with Crippen LogP contribution in [-0.4, -0.2) is 0 Å². The molecule has 0 nitrogen and oxygen atoms in total. The fourth-order valence-electron chi connectivity index (χ4n) is 5.36. The Balaban J connectivity index is 1.68. The number of benzene rings is 1. The second-order valence-electron chi connectivity index (χ2n) is 11.2. The molecule has 0 saturated carbocycles. The Hall–Kier alpha value is -0.780. The molecule has 0 heterocycles. The van der Waals surface area contributed by atoms with Crippen LogP contribution in [-0.2, 0) is 0 Å². The Labute approximate surface area is 216 Å². The molecule has 0 aliphatic rings.